The molecule has 3 N–H and O–H groups in total. The number of amides is 1. The standard InChI is InChI=1S/C12H15ClFN3OS/c1-3-15-11(18)7(2)16-12(19)17-8-4-5-10(14)9(13)6-8/h4-7H,3H2,1-2H3,(H,15,18)(H2,16,17,19)/t7-/m1/s1. The zero-order valence-electron chi connectivity index (χ0n) is 10.6. The molecule has 19 heavy (non-hydrogen) atoms. The van der Waals surface area contributed by atoms with Gasteiger partial charge in [-0.05, 0) is 44.3 Å². The highest BCUT2D eigenvalue weighted by Crippen LogP contribution is 2.19. The monoisotopic (exact) mass is 303 g/mol. The number of anilines is 1. The summed E-state index contributed by atoms with van der Waals surface area (Å²) in [5, 5.41) is 8.59. The number of likely N-dealkylation sites (N-methyl/N-ethyl adjacent to an activating group) is 1. The van der Waals surface area contributed by atoms with Crippen LogP contribution in [0.3, 0.4) is 0 Å². The molecule has 0 fully saturated rings. The van der Waals surface area contributed by atoms with Crippen molar-refractivity contribution in [2.75, 3.05) is 11.9 Å². The van der Waals surface area contributed by atoms with Crippen LogP contribution in [0, 0.1) is 5.82 Å². The first-order valence-electron chi connectivity index (χ1n) is 5.74. The number of thiocarbonyl (C=S) groups is 1. The molecule has 1 amide bonds. The largest absolute Gasteiger partial charge is 0.355 e. The van der Waals surface area contributed by atoms with Crippen molar-refractivity contribution in [2.24, 2.45) is 0 Å². The predicted octanol–water partition coefficient (Wildman–Crippen LogP) is 2.29. The number of halogens is 2. The molecule has 0 heterocycles. The number of carbonyl (C=O) groups is 1. The Morgan fingerprint density at radius 3 is 2.79 bits per heavy atom. The van der Waals surface area contributed by atoms with E-state index in [1.54, 1.807) is 6.92 Å². The Morgan fingerprint density at radius 1 is 1.53 bits per heavy atom. The van der Waals surface area contributed by atoms with Gasteiger partial charge in [-0.15, -0.1) is 0 Å². The van der Waals surface area contributed by atoms with Crippen LogP contribution in [0.5, 0.6) is 0 Å². The van der Waals surface area contributed by atoms with E-state index in [2.05, 4.69) is 16.0 Å². The Bertz CT molecular complexity index is 484. The summed E-state index contributed by atoms with van der Waals surface area (Å²) < 4.78 is 13.0. The molecule has 0 bridgehead atoms. The lowest BCUT2D eigenvalue weighted by molar-refractivity contribution is -0.122. The van der Waals surface area contributed by atoms with Crippen LogP contribution in [0.2, 0.25) is 5.02 Å². The van der Waals surface area contributed by atoms with E-state index in [1.807, 2.05) is 6.92 Å². The molecule has 104 valence electrons. The van der Waals surface area contributed by atoms with Gasteiger partial charge in [0.25, 0.3) is 0 Å². The average molecular weight is 304 g/mol. The van der Waals surface area contributed by atoms with Crippen molar-refractivity contribution in [3.8, 4) is 0 Å². The molecule has 0 unspecified atom stereocenters. The number of carbonyl (C=O) groups excluding carboxylic acids is 1. The first-order valence-corrected chi connectivity index (χ1v) is 6.53. The van der Waals surface area contributed by atoms with Gasteiger partial charge in [0.05, 0.1) is 5.02 Å². The highest BCUT2D eigenvalue weighted by Gasteiger charge is 2.12. The number of nitrogens with one attached hydrogen (secondary N) is 3. The Morgan fingerprint density at radius 2 is 2.21 bits per heavy atom. The number of benzene rings is 1. The summed E-state index contributed by atoms with van der Waals surface area (Å²) in [4.78, 5) is 11.5. The summed E-state index contributed by atoms with van der Waals surface area (Å²) in [5.41, 5.74) is 0.548. The fourth-order valence-electron chi connectivity index (χ4n) is 1.33. The Labute approximate surface area is 121 Å². The predicted molar refractivity (Wildman–Crippen MR) is 78.9 cm³/mol. The van der Waals surface area contributed by atoms with Crippen molar-refractivity contribution < 1.29 is 9.18 Å². The van der Waals surface area contributed by atoms with Crippen molar-refractivity contribution in [2.45, 2.75) is 19.9 Å². The minimum absolute atomic E-state index is 0.00424. The van der Waals surface area contributed by atoms with Crippen molar-refractivity contribution in [1.82, 2.24) is 10.6 Å². The van der Waals surface area contributed by atoms with E-state index < -0.39 is 11.9 Å². The molecule has 1 aromatic rings. The molecule has 0 aliphatic carbocycles. The topological polar surface area (TPSA) is 53.2 Å². The van der Waals surface area contributed by atoms with Crippen LogP contribution in [0.4, 0.5) is 10.1 Å². The van der Waals surface area contributed by atoms with Gasteiger partial charge in [-0.3, -0.25) is 4.79 Å². The molecular formula is C12H15ClFN3OS. The van der Waals surface area contributed by atoms with Crippen molar-refractivity contribution in [3.05, 3.63) is 29.0 Å². The third kappa shape index (κ3) is 5.00. The minimum Gasteiger partial charge on any atom is -0.355 e. The van der Waals surface area contributed by atoms with E-state index >= 15 is 0 Å². The quantitative estimate of drug-likeness (QED) is 0.747. The average Bonchev–Trinajstić information content (AvgIpc) is 2.34. The molecule has 1 rings (SSSR count). The molecule has 0 saturated carbocycles. The van der Waals surface area contributed by atoms with Crippen LogP contribution >= 0.6 is 23.8 Å². The lowest BCUT2D eigenvalue weighted by Crippen LogP contribution is -2.46. The second kappa shape index (κ2) is 7.25. The maximum Gasteiger partial charge on any atom is 0.242 e. The van der Waals surface area contributed by atoms with Crippen molar-refractivity contribution >= 4 is 40.5 Å². The van der Waals surface area contributed by atoms with Crippen LogP contribution in [-0.2, 0) is 4.79 Å². The second-order valence-corrected chi connectivity index (χ2v) is 4.66. The van der Waals surface area contributed by atoms with Gasteiger partial charge in [0.15, 0.2) is 5.11 Å². The highest BCUT2D eigenvalue weighted by atomic mass is 35.5. The summed E-state index contributed by atoms with van der Waals surface area (Å²) in [7, 11) is 0. The summed E-state index contributed by atoms with van der Waals surface area (Å²) in [6.45, 7) is 4.08. The van der Waals surface area contributed by atoms with Crippen LogP contribution < -0.4 is 16.0 Å². The second-order valence-electron chi connectivity index (χ2n) is 3.84. The smallest absolute Gasteiger partial charge is 0.242 e. The minimum atomic E-state index is -0.498. The van der Waals surface area contributed by atoms with E-state index in [4.69, 9.17) is 23.8 Å². The van der Waals surface area contributed by atoms with Gasteiger partial charge in [-0.25, -0.2) is 4.39 Å². The molecule has 4 nitrogen and oxygen atoms in total. The maximum absolute atomic E-state index is 13.0. The van der Waals surface area contributed by atoms with Gasteiger partial charge in [0.2, 0.25) is 5.91 Å². The van der Waals surface area contributed by atoms with Gasteiger partial charge in [0.1, 0.15) is 11.9 Å². The first kappa shape index (κ1) is 15.7. The molecule has 0 spiro atoms. The van der Waals surface area contributed by atoms with E-state index in [-0.39, 0.29) is 16.0 Å². The summed E-state index contributed by atoms with van der Waals surface area (Å²) >= 11 is 10.7. The molecule has 0 radical (unpaired) electrons. The number of hydrogen-bond donors (Lipinski definition) is 3. The lowest BCUT2D eigenvalue weighted by atomic mass is 10.3. The first-order chi connectivity index (χ1) is 8.93. The van der Waals surface area contributed by atoms with E-state index in [9.17, 15) is 9.18 Å². The van der Waals surface area contributed by atoms with Crippen LogP contribution in [0.25, 0.3) is 0 Å². The maximum atomic E-state index is 13.0. The fraction of sp³-hybridized carbons (Fsp3) is 0.333. The van der Waals surface area contributed by atoms with Crippen molar-refractivity contribution in [1.29, 1.82) is 0 Å². The molecule has 7 heteroatoms. The zero-order valence-corrected chi connectivity index (χ0v) is 12.2. The zero-order chi connectivity index (χ0) is 14.4. The highest BCUT2D eigenvalue weighted by molar-refractivity contribution is 7.80. The summed E-state index contributed by atoms with van der Waals surface area (Å²) in [6, 6.07) is 3.70. The fourth-order valence-corrected chi connectivity index (χ4v) is 1.81. The van der Waals surface area contributed by atoms with Crippen LogP contribution in [0.1, 0.15) is 13.8 Å². The van der Waals surface area contributed by atoms with E-state index in [0.717, 1.165) is 0 Å². The normalized spacial score (nSPS) is 11.6. The van der Waals surface area contributed by atoms with Crippen LogP contribution in [-0.4, -0.2) is 23.6 Å². The lowest BCUT2D eigenvalue weighted by Gasteiger charge is -2.16. The Kier molecular flexibility index (Phi) is 5.98. The van der Waals surface area contributed by atoms with Gasteiger partial charge in [-0.1, -0.05) is 11.6 Å². The molecule has 0 aliphatic rings. The molecule has 1 atom stereocenters. The van der Waals surface area contributed by atoms with Crippen molar-refractivity contribution in [3.63, 3.8) is 0 Å². The Balaban J connectivity index is 2.55. The van der Waals surface area contributed by atoms with Crippen LogP contribution in [0.15, 0.2) is 18.2 Å². The van der Waals surface area contributed by atoms with Gasteiger partial charge in [-0.2, -0.15) is 0 Å². The molecule has 0 aromatic heterocycles. The third-order valence-corrected chi connectivity index (χ3v) is 2.78. The van der Waals surface area contributed by atoms with Gasteiger partial charge in [0, 0.05) is 12.2 Å². The number of hydrogen-bond acceptors (Lipinski definition) is 2. The molecule has 0 aliphatic heterocycles. The molecular weight excluding hydrogens is 289 g/mol. The molecule has 1 aromatic carbocycles. The van der Waals surface area contributed by atoms with Gasteiger partial charge >= 0.3 is 0 Å². The van der Waals surface area contributed by atoms with Gasteiger partial charge < -0.3 is 16.0 Å². The Hall–Kier alpha value is -1.40. The third-order valence-electron chi connectivity index (χ3n) is 2.27. The SMILES string of the molecule is CCNC(=O)[C@@H](C)NC(=S)Nc1ccc(F)c(Cl)c1. The molecule has 0 saturated heterocycles. The summed E-state index contributed by atoms with van der Waals surface area (Å²) in [6.07, 6.45) is 0. The van der Waals surface area contributed by atoms with E-state index in [1.165, 1.54) is 18.2 Å². The summed E-state index contributed by atoms with van der Waals surface area (Å²) in [5.74, 6) is -0.648. The number of rotatable bonds is 4. The van der Waals surface area contributed by atoms with E-state index in [0.29, 0.717) is 12.2 Å².